The number of hydrogen-bond donors (Lipinski definition) is 1. The van der Waals surface area contributed by atoms with Crippen LogP contribution in [0.3, 0.4) is 0 Å². The minimum Gasteiger partial charge on any atom is -0.306 e. The smallest absolute Gasteiger partial charge is 0.0525 e. The van der Waals surface area contributed by atoms with Gasteiger partial charge in [-0.05, 0) is 25.5 Å². The lowest BCUT2D eigenvalue weighted by Gasteiger charge is -2.14. The summed E-state index contributed by atoms with van der Waals surface area (Å²) < 4.78 is 3.98. The summed E-state index contributed by atoms with van der Waals surface area (Å²) in [5.41, 5.74) is 2.41. The molecule has 6 heteroatoms. The first kappa shape index (κ1) is 15.7. The number of aromatic nitrogens is 4. The fourth-order valence-electron chi connectivity index (χ4n) is 1.94. The van der Waals surface area contributed by atoms with E-state index in [1.807, 2.05) is 30.2 Å². The molecule has 1 atom stereocenters. The molecule has 0 saturated heterocycles. The molecule has 19 heavy (non-hydrogen) atoms. The fourth-order valence-corrected chi connectivity index (χ4v) is 1.94. The Hall–Kier alpha value is -1.33. The highest BCUT2D eigenvalue weighted by Gasteiger charge is 2.08. The van der Waals surface area contributed by atoms with Gasteiger partial charge in [0.05, 0.1) is 11.4 Å². The van der Waals surface area contributed by atoms with Crippen LogP contribution in [0.1, 0.15) is 37.7 Å². The van der Waals surface area contributed by atoms with E-state index >= 15 is 0 Å². The topological polar surface area (TPSA) is 47.7 Å². The van der Waals surface area contributed by atoms with Gasteiger partial charge in [0.2, 0.25) is 0 Å². The molecule has 0 saturated carbocycles. The van der Waals surface area contributed by atoms with Gasteiger partial charge in [-0.25, -0.2) is 0 Å². The van der Waals surface area contributed by atoms with Crippen LogP contribution in [0.5, 0.6) is 0 Å². The number of halogens is 1. The number of aryl methyl sites for hydroxylation is 1. The van der Waals surface area contributed by atoms with Crippen LogP contribution in [0, 0.1) is 0 Å². The van der Waals surface area contributed by atoms with Crippen molar-refractivity contribution in [3.63, 3.8) is 0 Å². The summed E-state index contributed by atoms with van der Waals surface area (Å²) in [5, 5.41) is 12.0. The third-order valence-corrected chi connectivity index (χ3v) is 3.30. The van der Waals surface area contributed by atoms with Crippen molar-refractivity contribution in [1.29, 1.82) is 0 Å². The number of nitrogens with one attached hydrogen (secondary N) is 1. The first-order chi connectivity index (χ1) is 8.72. The maximum absolute atomic E-state index is 4.38. The normalized spacial score (nSPS) is 12.2. The summed E-state index contributed by atoms with van der Waals surface area (Å²) in [4.78, 5) is 0. The maximum atomic E-state index is 4.38. The molecule has 2 heterocycles. The summed E-state index contributed by atoms with van der Waals surface area (Å²) in [6.45, 7) is 6.02. The van der Waals surface area contributed by atoms with Crippen molar-refractivity contribution in [2.24, 2.45) is 7.05 Å². The van der Waals surface area contributed by atoms with Crippen molar-refractivity contribution in [3.05, 3.63) is 35.9 Å². The van der Waals surface area contributed by atoms with Crippen LogP contribution >= 0.6 is 12.4 Å². The van der Waals surface area contributed by atoms with Gasteiger partial charge < -0.3 is 5.32 Å². The molecule has 106 valence electrons. The van der Waals surface area contributed by atoms with Crippen LogP contribution in [0.25, 0.3) is 0 Å². The first-order valence-electron chi connectivity index (χ1n) is 6.42. The van der Waals surface area contributed by atoms with Crippen LogP contribution in [0.4, 0.5) is 0 Å². The predicted molar refractivity (Wildman–Crippen MR) is 78.2 cm³/mol. The molecule has 0 fully saturated rings. The van der Waals surface area contributed by atoms with E-state index in [0.717, 1.165) is 19.5 Å². The van der Waals surface area contributed by atoms with Gasteiger partial charge in [0.15, 0.2) is 0 Å². The van der Waals surface area contributed by atoms with Gasteiger partial charge in [0, 0.05) is 38.6 Å². The summed E-state index contributed by atoms with van der Waals surface area (Å²) in [5.74, 6) is 0. The van der Waals surface area contributed by atoms with Gasteiger partial charge in [0.25, 0.3) is 0 Å². The van der Waals surface area contributed by atoms with E-state index in [-0.39, 0.29) is 12.4 Å². The molecule has 0 bridgehead atoms. The van der Waals surface area contributed by atoms with Gasteiger partial charge in [-0.2, -0.15) is 10.2 Å². The first-order valence-corrected chi connectivity index (χ1v) is 6.42. The maximum Gasteiger partial charge on any atom is 0.0525 e. The van der Waals surface area contributed by atoms with Gasteiger partial charge in [-0.3, -0.25) is 9.36 Å². The second kappa shape index (κ2) is 7.31. The molecular weight excluding hydrogens is 262 g/mol. The van der Waals surface area contributed by atoms with E-state index in [0.29, 0.717) is 6.04 Å². The Bertz CT molecular complexity index is 491. The van der Waals surface area contributed by atoms with E-state index < -0.39 is 0 Å². The molecule has 1 N–H and O–H groups in total. The Morgan fingerprint density at radius 2 is 1.79 bits per heavy atom. The SMILES string of the molecule is CCC(C)n1nccc1CNCc1ccnn1C.Cl. The van der Waals surface area contributed by atoms with Crippen molar-refractivity contribution in [2.45, 2.75) is 39.4 Å². The molecule has 2 aromatic heterocycles. The predicted octanol–water partition coefficient (Wildman–Crippen LogP) is 2.30. The van der Waals surface area contributed by atoms with Gasteiger partial charge in [-0.15, -0.1) is 12.4 Å². The summed E-state index contributed by atoms with van der Waals surface area (Å²) >= 11 is 0. The molecule has 0 aliphatic carbocycles. The number of nitrogens with zero attached hydrogens (tertiary/aromatic N) is 4. The monoisotopic (exact) mass is 283 g/mol. The van der Waals surface area contributed by atoms with Crippen LogP contribution in [0.2, 0.25) is 0 Å². The van der Waals surface area contributed by atoms with E-state index in [1.54, 1.807) is 0 Å². The van der Waals surface area contributed by atoms with Crippen molar-refractivity contribution in [3.8, 4) is 0 Å². The molecule has 2 aromatic rings. The highest BCUT2D eigenvalue weighted by atomic mass is 35.5. The van der Waals surface area contributed by atoms with Crippen molar-refractivity contribution in [1.82, 2.24) is 24.9 Å². The van der Waals surface area contributed by atoms with Crippen LogP contribution in [-0.4, -0.2) is 19.6 Å². The number of rotatable bonds is 6. The van der Waals surface area contributed by atoms with Gasteiger partial charge in [-0.1, -0.05) is 6.92 Å². The molecule has 0 amide bonds. The molecule has 0 spiro atoms. The molecule has 1 unspecified atom stereocenters. The Morgan fingerprint density at radius 3 is 2.42 bits per heavy atom. The van der Waals surface area contributed by atoms with Gasteiger partial charge in [0.1, 0.15) is 0 Å². The third kappa shape index (κ3) is 3.81. The summed E-state index contributed by atoms with van der Waals surface area (Å²) in [7, 11) is 1.96. The fraction of sp³-hybridized carbons (Fsp3) is 0.538. The molecule has 0 radical (unpaired) electrons. The van der Waals surface area contributed by atoms with E-state index in [9.17, 15) is 0 Å². The van der Waals surface area contributed by atoms with Crippen LogP contribution in [0.15, 0.2) is 24.5 Å². The zero-order valence-corrected chi connectivity index (χ0v) is 12.5. The second-order valence-corrected chi connectivity index (χ2v) is 4.57. The molecule has 0 aliphatic heterocycles. The molecule has 0 aliphatic rings. The summed E-state index contributed by atoms with van der Waals surface area (Å²) in [6, 6.07) is 4.55. The number of hydrogen-bond acceptors (Lipinski definition) is 3. The highest BCUT2D eigenvalue weighted by Crippen LogP contribution is 2.12. The summed E-state index contributed by atoms with van der Waals surface area (Å²) in [6.07, 6.45) is 4.78. The second-order valence-electron chi connectivity index (χ2n) is 4.57. The van der Waals surface area contributed by atoms with E-state index in [4.69, 9.17) is 0 Å². The van der Waals surface area contributed by atoms with E-state index in [2.05, 4.69) is 40.1 Å². The average Bonchev–Trinajstić information content (AvgIpc) is 2.98. The van der Waals surface area contributed by atoms with Crippen molar-refractivity contribution in [2.75, 3.05) is 0 Å². The van der Waals surface area contributed by atoms with Gasteiger partial charge >= 0.3 is 0 Å². The average molecular weight is 284 g/mol. The minimum absolute atomic E-state index is 0. The van der Waals surface area contributed by atoms with Crippen LogP contribution in [-0.2, 0) is 20.1 Å². The largest absolute Gasteiger partial charge is 0.306 e. The molecule has 0 aromatic carbocycles. The third-order valence-electron chi connectivity index (χ3n) is 3.30. The molecule has 5 nitrogen and oxygen atoms in total. The molecule has 2 rings (SSSR count). The van der Waals surface area contributed by atoms with Crippen molar-refractivity contribution >= 4 is 12.4 Å². The highest BCUT2D eigenvalue weighted by molar-refractivity contribution is 5.85. The minimum atomic E-state index is 0. The Kier molecular flexibility index (Phi) is 6.05. The molecular formula is C13H22ClN5. The lowest BCUT2D eigenvalue weighted by molar-refractivity contribution is 0.450. The van der Waals surface area contributed by atoms with Crippen molar-refractivity contribution < 1.29 is 0 Å². The lowest BCUT2D eigenvalue weighted by Crippen LogP contribution is -2.19. The Balaban J connectivity index is 0.00000180. The zero-order chi connectivity index (χ0) is 13.0. The van der Waals surface area contributed by atoms with Crippen LogP contribution < -0.4 is 5.32 Å². The standard InChI is InChI=1S/C13H21N5.ClH/c1-4-11(2)18-13(6-8-16-18)10-14-9-12-5-7-15-17(12)3;/h5-8,11,14H,4,9-10H2,1-3H3;1H. The quantitative estimate of drug-likeness (QED) is 0.885. The Morgan fingerprint density at radius 1 is 1.16 bits per heavy atom. The van der Waals surface area contributed by atoms with E-state index in [1.165, 1.54) is 11.4 Å². The Labute approximate surface area is 120 Å². The zero-order valence-electron chi connectivity index (χ0n) is 11.7. The lowest BCUT2D eigenvalue weighted by atomic mass is 10.2.